The third kappa shape index (κ3) is 5.50. The molecule has 11 nitrogen and oxygen atoms in total. The number of aromatic carboxylic acids is 1. The third-order valence-electron chi connectivity index (χ3n) is 8.04. The highest BCUT2D eigenvalue weighted by Gasteiger charge is 2.25. The van der Waals surface area contributed by atoms with Crippen LogP contribution in [0.4, 0.5) is 4.39 Å². The van der Waals surface area contributed by atoms with Gasteiger partial charge in [-0.05, 0) is 48.9 Å². The number of imidazole rings is 1. The molecule has 1 fully saturated rings. The number of hydrogen-bond donors (Lipinski definition) is 1. The summed E-state index contributed by atoms with van der Waals surface area (Å²) in [5.41, 5.74) is 4.80. The van der Waals surface area contributed by atoms with Crippen LogP contribution >= 0.6 is 0 Å². The number of halogens is 1. The lowest BCUT2D eigenvalue weighted by Gasteiger charge is -2.30. The minimum atomic E-state index is -0.965. The minimum Gasteiger partial charge on any atom is -0.478 e. The Kier molecular flexibility index (Phi) is 7.25. The molecule has 2 aromatic carbocycles. The molecule has 0 saturated carbocycles. The van der Waals surface area contributed by atoms with Crippen molar-refractivity contribution in [2.45, 2.75) is 45.3 Å². The van der Waals surface area contributed by atoms with Crippen molar-refractivity contribution in [2.75, 3.05) is 13.2 Å². The lowest BCUT2D eigenvalue weighted by Crippen LogP contribution is -2.35. The fourth-order valence-electron chi connectivity index (χ4n) is 5.57. The average molecular weight is 594 g/mol. The van der Waals surface area contributed by atoms with Crippen LogP contribution in [-0.4, -0.2) is 59.5 Å². The summed E-state index contributed by atoms with van der Waals surface area (Å²) in [7, 11) is 0. The monoisotopic (exact) mass is 593 g/mol. The lowest BCUT2D eigenvalue weighted by atomic mass is 10.1. The Labute approximate surface area is 251 Å². The quantitative estimate of drug-likeness (QED) is 0.264. The van der Waals surface area contributed by atoms with Crippen molar-refractivity contribution in [3.05, 3.63) is 94.7 Å². The molecule has 3 aromatic heterocycles. The number of carboxylic acids is 1. The zero-order chi connectivity index (χ0) is 30.2. The van der Waals surface area contributed by atoms with Gasteiger partial charge >= 0.3 is 5.97 Å². The van der Waals surface area contributed by atoms with Crippen LogP contribution < -0.4 is 4.74 Å². The van der Waals surface area contributed by atoms with E-state index in [0.29, 0.717) is 49.0 Å². The number of hydrogen-bond acceptors (Lipinski definition) is 8. The van der Waals surface area contributed by atoms with Crippen LogP contribution in [0.2, 0.25) is 0 Å². The molecule has 0 radical (unpaired) electrons. The first-order valence-electron chi connectivity index (χ1n) is 14.4. The van der Waals surface area contributed by atoms with Crippen LogP contribution in [0.25, 0.3) is 22.4 Å². The number of carboxylic acid groups (broad SMARTS) is 1. The standard InChI is InChI=1S/C32H28FN7O4/c33-25-12-20(15-34)4-5-22(25)19-44-31-3-1-2-26(36-31)28-14-23-16-38(9-10-40(23)37-28)18-30-35-27-7-6-21(32(41)42)13-29(27)39(30)17-24-8-11-43-24/h1-7,12-14,24H,8-11,16-19H2,(H,41,42)/t24-/m0/s1. The van der Waals surface area contributed by atoms with E-state index in [1.807, 2.05) is 29.0 Å². The van der Waals surface area contributed by atoms with Gasteiger partial charge in [-0.25, -0.2) is 19.2 Å². The normalized spacial score (nSPS) is 16.3. The van der Waals surface area contributed by atoms with Gasteiger partial charge in [-0.3, -0.25) is 9.58 Å². The van der Waals surface area contributed by atoms with Gasteiger partial charge in [-0.15, -0.1) is 0 Å². The highest BCUT2D eigenvalue weighted by Crippen LogP contribution is 2.26. The second kappa shape index (κ2) is 11.5. The van der Waals surface area contributed by atoms with Crippen LogP contribution in [0.1, 0.15) is 39.4 Å². The van der Waals surface area contributed by atoms with E-state index in [1.165, 1.54) is 12.1 Å². The summed E-state index contributed by atoms with van der Waals surface area (Å²) >= 11 is 0. The van der Waals surface area contributed by atoms with E-state index in [2.05, 4.69) is 14.5 Å². The Morgan fingerprint density at radius 3 is 2.77 bits per heavy atom. The number of ether oxygens (including phenoxy) is 2. The molecule has 44 heavy (non-hydrogen) atoms. The van der Waals surface area contributed by atoms with Crippen molar-refractivity contribution in [2.24, 2.45) is 0 Å². The summed E-state index contributed by atoms with van der Waals surface area (Å²) in [6.45, 7) is 4.07. The Hall–Kier alpha value is -5.12. The first-order chi connectivity index (χ1) is 21.4. The maximum atomic E-state index is 14.3. The van der Waals surface area contributed by atoms with Crippen molar-refractivity contribution < 1.29 is 23.8 Å². The highest BCUT2D eigenvalue weighted by molar-refractivity contribution is 5.92. The molecular weight excluding hydrogens is 565 g/mol. The van der Waals surface area contributed by atoms with Gasteiger partial charge in [0.2, 0.25) is 5.88 Å². The first kappa shape index (κ1) is 27.7. The first-order valence-corrected chi connectivity index (χ1v) is 14.4. The van der Waals surface area contributed by atoms with E-state index in [-0.39, 0.29) is 23.8 Å². The number of fused-ring (bicyclic) bond motifs is 2. The SMILES string of the molecule is N#Cc1ccc(COc2cccc(-c3cc4n(n3)CCN(Cc3nc5ccc(C(=O)O)cc5n3C[C@@H]3CCO3)C4)n2)c(F)c1. The summed E-state index contributed by atoms with van der Waals surface area (Å²) in [5.74, 6) is -0.243. The van der Waals surface area contributed by atoms with Crippen molar-refractivity contribution in [3.8, 4) is 23.3 Å². The van der Waals surface area contributed by atoms with Crippen LogP contribution in [0.5, 0.6) is 5.88 Å². The van der Waals surface area contributed by atoms with E-state index in [1.54, 1.807) is 30.3 Å². The molecule has 5 aromatic rings. The second-order valence-corrected chi connectivity index (χ2v) is 11.0. The molecule has 12 heteroatoms. The largest absolute Gasteiger partial charge is 0.478 e. The fraction of sp³-hybridized carbons (Fsp3) is 0.281. The maximum Gasteiger partial charge on any atom is 0.335 e. The van der Waals surface area contributed by atoms with Gasteiger partial charge in [0.1, 0.15) is 23.9 Å². The zero-order valence-electron chi connectivity index (χ0n) is 23.7. The van der Waals surface area contributed by atoms with Crippen LogP contribution in [0.15, 0.2) is 60.7 Å². The molecular formula is C32H28FN7O4. The summed E-state index contributed by atoms with van der Waals surface area (Å²) in [6, 6.07) is 18.7. The molecule has 0 aliphatic carbocycles. The van der Waals surface area contributed by atoms with Gasteiger partial charge in [0.05, 0.1) is 65.4 Å². The van der Waals surface area contributed by atoms with Crippen molar-refractivity contribution >= 4 is 17.0 Å². The van der Waals surface area contributed by atoms with Crippen LogP contribution in [0.3, 0.4) is 0 Å². The molecule has 2 aliphatic heterocycles. The maximum absolute atomic E-state index is 14.3. The second-order valence-electron chi connectivity index (χ2n) is 11.0. The summed E-state index contributed by atoms with van der Waals surface area (Å²) in [6.07, 6.45) is 1.07. The van der Waals surface area contributed by atoms with E-state index < -0.39 is 11.8 Å². The molecule has 0 unspecified atom stereocenters. The fourth-order valence-corrected chi connectivity index (χ4v) is 5.57. The van der Waals surface area contributed by atoms with Crippen LogP contribution in [0, 0.1) is 17.1 Å². The van der Waals surface area contributed by atoms with E-state index in [4.69, 9.17) is 24.8 Å². The molecule has 7 rings (SSSR count). The molecule has 1 N–H and O–H groups in total. The molecule has 2 aliphatic rings. The number of benzene rings is 2. The molecule has 0 amide bonds. The minimum absolute atomic E-state index is 0.0160. The smallest absolute Gasteiger partial charge is 0.335 e. The number of carbonyl (C=O) groups is 1. The zero-order valence-corrected chi connectivity index (χ0v) is 23.7. The molecule has 1 atom stereocenters. The topological polar surface area (TPSA) is 131 Å². The molecule has 0 bridgehead atoms. The van der Waals surface area contributed by atoms with Gasteiger partial charge in [-0.1, -0.05) is 12.1 Å². The molecule has 1 saturated heterocycles. The summed E-state index contributed by atoms with van der Waals surface area (Å²) in [5, 5.41) is 23.3. The molecule has 222 valence electrons. The van der Waals surface area contributed by atoms with Gasteiger partial charge in [-0.2, -0.15) is 10.4 Å². The number of pyridine rings is 1. The van der Waals surface area contributed by atoms with Crippen molar-refractivity contribution in [3.63, 3.8) is 0 Å². The number of aromatic nitrogens is 5. The van der Waals surface area contributed by atoms with Gasteiger partial charge < -0.3 is 19.1 Å². The number of nitrogens with zero attached hydrogens (tertiary/aromatic N) is 7. The number of nitriles is 1. The summed E-state index contributed by atoms with van der Waals surface area (Å²) < 4.78 is 29.8. The Bertz CT molecular complexity index is 1920. The van der Waals surface area contributed by atoms with E-state index in [9.17, 15) is 14.3 Å². The van der Waals surface area contributed by atoms with Gasteiger partial charge in [0, 0.05) is 31.3 Å². The highest BCUT2D eigenvalue weighted by atomic mass is 19.1. The Morgan fingerprint density at radius 2 is 2.00 bits per heavy atom. The van der Waals surface area contributed by atoms with Gasteiger partial charge in [0.25, 0.3) is 0 Å². The van der Waals surface area contributed by atoms with E-state index >= 15 is 0 Å². The predicted molar refractivity (Wildman–Crippen MR) is 156 cm³/mol. The summed E-state index contributed by atoms with van der Waals surface area (Å²) in [4.78, 5) is 23.4. The Morgan fingerprint density at radius 1 is 1.11 bits per heavy atom. The van der Waals surface area contributed by atoms with E-state index in [0.717, 1.165) is 42.1 Å². The Balaban J connectivity index is 1.07. The average Bonchev–Trinajstić information content (AvgIpc) is 3.58. The van der Waals surface area contributed by atoms with Crippen molar-refractivity contribution in [1.29, 1.82) is 5.26 Å². The molecule has 0 spiro atoms. The van der Waals surface area contributed by atoms with Crippen molar-refractivity contribution in [1.82, 2.24) is 29.2 Å². The van der Waals surface area contributed by atoms with Crippen LogP contribution in [-0.2, 0) is 37.5 Å². The predicted octanol–water partition coefficient (Wildman–Crippen LogP) is 4.39. The number of rotatable bonds is 9. The molecule has 5 heterocycles. The lowest BCUT2D eigenvalue weighted by molar-refractivity contribution is -0.0592. The third-order valence-corrected chi connectivity index (χ3v) is 8.04. The van der Waals surface area contributed by atoms with Gasteiger partial charge in [0.15, 0.2) is 0 Å².